The number of rotatable bonds is 4. The maximum Gasteiger partial charge on any atom is 0.335 e. The van der Waals surface area contributed by atoms with Gasteiger partial charge < -0.3 is 10.4 Å². The summed E-state index contributed by atoms with van der Waals surface area (Å²) in [6, 6.07) is 3.37. The highest BCUT2D eigenvalue weighted by atomic mass is 32.2. The van der Waals surface area contributed by atoms with Gasteiger partial charge in [-0.1, -0.05) is 0 Å². The van der Waals surface area contributed by atoms with Gasteiger partial charge >= 0.3 is 5.97 Å². The minimum atomic E-state index is -3.65. The van der Waals surface area contributed by atoms with Crippen molar-refractivity contribution in [1.29, 1.82) is 0 Å². The van der Waals surface area contributed by atoms with Crippen molar-refractivity contribution < 1.29 is 23.1 Å². The molecule has 0 unspecified atom stereocenters. The van der Waals surface area contributed by atoms with E-state index in [9.17, 15) is 18.0 Å². The molecule has 0 aliphatic carbocycles. The Labute approximate surface area is 144 Å². The Kier molecular flexibility index (Phi) is 4.67. The molecule has 0 fully saturated rings. The first-order valence-electron chi connectivity index (χ1n) is 7.20. The van der Waals surface area contributed by atoms with Gasteiger partial charge in [0.05, 0.1) is 16.0 Å². The Morgan fingerprint density at radius 2 is 1.84 bits per heavy atom. The average Bonchev–Trinajstić information content (AvgIpc) is 2.95. The molecule has 0 bridgehead atoms. The first-order valence-corrected chi connectivity index (χ1v) is 9.09. The number of hydrogen-bond acceptors (Lipinski definition) is 6. The van der Waals surface area contributed by atoms with E-state index < -0.39 is 21.7 Å². The van der Waals surface area contributed by atoms with Crippen LogP contribution in [0, 0.1) is 0 Å². The van der Waals surface area contributed by atoms with Crippen LogP contribution in [0.25, 0.3) is 0 Å². The van der Waals surface area contributed by atoms with Gasteiger partial charge in [-0.3, -0.25) is 4.79 Å². The standard InChI is InChI=1S/C15H18N4O5S/c1-15(2,3)19-8-16-12(18-19)13(20)17-10-5-9(14(21)22)6-11(7-10)25(4,23)24/h5-8H,1-4H3,(H,17,20)(H,21,22). The summed E-state index contributed by atoms with van der Waals surface area (Å²) in [4.78, 5) is 27.1. The molecule has 1 aromatic heterocycles. The van der Waals surface area contributed by atoms with Crippen LogP contribution in [0.4, 0.5) is 5.69 Å². The van der Waals surface area contributed by atoms with Gasteiger partial charge in [-0.15, -0.1) is 5.10 Å². The molecular weight excluding hydrogens is 348 g/mol. The zero-order valence-corrected chi connectivity index (χ0v) is 15.0. The van der Waals surface area contributed by atoms with E-state index >= 15 is 0 Å². The molecule has 1 aromatic carbocycles. The quantitative estimate of drug-likeness (QED) is 0.835. The van der Waals surface area contributed by atoms with E-state index in [0.717, 1.165) is 18.4 Å². The maximum absolute atomic E-state index is 12.3. The number of carboxylic acids is 1. The number of hydrogen-bond donors (Lipinski definition) is 2. The number of nitrogens with zero attached hydrogens (tertiary/aromatic N) is 3. The summed E-state index contributed by atoms with van der Waals surface area (Å²) in [5.41, 5.74) is -0.595. The zero-order chi connectivity index (χ0) is 19.0. The molecule has 0 aliphatic heterocycles. The summed E-state index contributed by atoms with van der Waals surface area (Å²) < 4.78 is 24.9. The maximum atomic E-state index is 12.3. The van der Waals surface area contributed by atoms with E-state index in [-0.39, 0.29) is 27.5 Å². The molecule has 0 atom stereocenters. The lowest BCUT2D eigenvalue weighted by atomic mass is 10.1. The van der Waals surface area contributed by atoms with E-state index in [1.165, 1.54) is 17.1 Å². The van der Waals surface area contributed by atoms with E-state index in [1.807, 2.05) is 20.8 Å². The number of benzene rings is 1. The summed E-state index contributed by atoms with van der Waals surface area (Å²) in [6.45, 7) is 5.66. The molecule has 134 valence electrons. The lowest BCUT2D eigenvalue weighted by Gasteiger charge is -2.17. The molecule has 2 rings (SSSR count). The molecular formula is C15H18N4O5S. The second-order valence-electron chi connectivity index (χ2n) is 6.46. The van der Waals surface area contributed by atoms with Crippen LogP contribution in [0.5, 0.6) is 0 Å². The molecule has 0 aliphatic rings. The van der Waals surface area contributed by atoms with Gasteiger partial charge in [0, 0.05) is 11.9 Å². The number of aromatic nitrogens is 3. The number of anilines is 1. The van der Waals surface area contributed by atoms with Crippen molar-refractivity contribution >= 4 is 27.4 Å². The third kappa shape index (κ3) is 4.41. The Bertz CT molecular complexity index is 941. The monoisotopic (exact) mass is 366 g/mol. The second kappa shape index (κ2) is 6.28. The van der Waals surface area contributed by atoms with Crippen molar-refractivity contribution in [3.8, 4) is 0 Å². The third-order valence-electron chi connectivity index (χ3n) is 3.22. The number of aromatic carboxylic acids is 1. The molecule has 10 heteroatoms. The Balaban J connectivity index is 2.36. The normalized spacial score (nSPS) is 12.0. The smallest absolute Gasteiger partial charge is 0.335 e. The first kappa shape index (κ1) is 18.6. The van der Waals surface area contributed by atoms with Gasteiger partial charge in [0.15, 0.2) is 9.84 Å². The Morgan fingerprint density at radius 1 is 1.20 bits per heavy atom. The minimum Gasteiger partial charge on any atom is -0.478 e. The summed E-state index contributed by atoms with van der Waals surface area (Å²) in [5.74, 6) is -2.10. The van der Waals surface area contributed by atoms with Crippen LogP contribution in [0.3, 0.4) is 0 Å². The van der Waals surface area contributed by atoms with Crippen LogP contribution < -0.4 is 5.32 Å². The molecule has 0 saturated carbocycles. The molecule has 2 aromatic rings. The van der Waals surface area contributed by atoms with Gasteiger partial charge in [0.25, 0.3) is 5.91 Å². The van der Waals surface area contributed by atoms with Crippen molar-refractivity contribution in [1.82, 2.24) is 14.8 Å². The average molecular weight is 366 g/mol. The molecule has 0 saturated heterocycles. The van der Waals surface area contributed by atoms with Crippen molar-refractivity contribution in [3.63, 3.8) is 0 Å². The Morgan fingerprint density at radius 3 is 2.32 bits per heavy atom. The van der Waals surface area contributed by atoms with E-state index in [4.69, 9.17) is 5.11 Å². The highest BCUT2D eigenvalue weighted by Gasteiger charge is 2.20. The number of carbonyl (C=O) groups is 2. The fourth-order valence-electron chi connectivity index (χ4n) is 1.89. The molecule has 0 spiro atoms. The fourth-order valence-corrected chi connectivity index (χ4v) is 2.57. The van der Waals surface area contributed by atoms with Crippen molar-refractivity contribution in [2.24, 2.45) is 0 Å². The minimum absolute atomic E-state index is 0.0254. The van der Waals surface area contributed by atoms with Crippen LogP contribution in [0.15, 0.2) is 29.4 Å². The number of nitrogens with one attached hydrogen (secondary N) is 1. The van der Waals surface area contributed by atoms with Crippen LogP contribution in [0.2, 0.25) is 0 Å². The van der Waals surface area contributed by atoms with Gasteiger partial charge in [-0.05, 0) is 39.0 Å². The van der Waals surface area contributed by atoms with Crippen LogP contribution in [0.1, 0.15) is 41.7 Å². The number of carbonyl (C=O) groups excluding carboxylic acids is 1. The summed E-state index contributed by atoms with van der Waals surface area (Å²) in [6.07, 6.45) is 2.36. The summed E-state index contributed by atoms with van der Waals surface area (Å²) in [7, 11) is -3.65. The second-order valence-corrected chi connectivity index (χ2v) is 8.48. The van der Waals surface area contributed by atoms with E-state index in [1.54, 1.807) is 0 Å². The van der Waals surface area contributed by atoms with Gasteiger partial charge in [0.2, 0.25) is 5.82 Å². The molecule has 0 radical (unpaired) electrons. The summed E-state index contributed by atoms with van der Waals surface area (Å²) >= 11 is 0. The SMILES string of the molecule is CC(C)(C)n1cnc(C(=O)Nc2cc(C(=O)O)cc(S(C)(=O)=O)c2)n1. The lowest BCUT2D eigenvalue weighted by molar-refractivity contribution is 0.0696. The van der Waals surface area contributed by atoms with Crippen molar-refractivity contribution in [3.05, 3.63) is 35.9 Å². The lowest BCUT2D eigenvalue weighted by Crippen LogP contribution is -2.23. The molecule has 1 heterocycles. The predicted molar refractivity (Wildman–Crippen MR) is 89.5 cm³/mol. The van der Waals surface area contributed by atoms with Crippen molar-refractivity contribution in [2.75, 3.05) is 11.6 Å². The van der Waals surface area contributed by atoms with Crippen molar-refractivity contribution in [2.45, 2.75) is 31.2 Å². The number of sulfone groups is 1. The predicted octanol–water partition coefficient (Wildman–Crippen LogP) is 1.39. The molecule has 2 N–H and O–H groups in total. The van der Waals surface area contributed by atoms with E-state index in [2.05, 4.69) is 15.4 Å². The number of carboxylic acid groups (broad SMARTS) is 1. The van der Waals surface area contributed by atoms with Crippen LogP contribution in [-0.2, 0) is 15.4 Å². The third-order valence-corrected chi connectivity index (χ3v) is 4.31. The molecule has 25 heavy (non-hydrogen) atoms. The van der Waals surface area contributed by atoms with E-state index in [0.29, 0.717) is 0 Å². The van der Waals surface area contributed by atoms with Crippen LogP contribution >= 0.6 is 0 Å². The molecule has 1 amide bonds. The highest BCUT2D eigenvalue weighted by Crippen LogP contribution is 2.20. The largest absolute Gasteiger partial charge is 0.478 e. The highest BCUT2D eigenvalue weighted by molar-refractivity contribution is 7.90. The fraction of sp³-hybridized carbons (Fsp3) is 0.333. The Hall–Kier alpha value is -2.75. The first-order chi connectivity index (χ1) is 11.4. The molecule has 9 nitrogen and oxygen atoms in total. The van der Waals surface area contributed by atoms with Crippen LogP contribution in [-0.4, -0.2) is 46.4 Å². The van der Waals surface area contributed by atoms with Gasteiger partial charge in [-0.2, -0.15) is 0 Å². The number of amides is 1. The topological polar surface area (TPSA) is 131 Å². The van der Waals surface area contributed by atoms with Gasteiger partial charge in [0.1, 0.15) is 6.33 Å². The zero-order valence-electron chi connectivity index (χ0n) is 14.1. The van der Waals surface area contributed by atoms with Gasteiger partial charge in [-0.25, -0.2) is 22.9 Å². The summed E-state index contributed by atoms with van der Waals surface area (Å²) in [5, 5.41) is 15.6.